The summed E-state index contributed by atoms with van der Waals surface area (Å²) in [6, 6.07) is 0. The summed E-state index contributed by atoms with van der Waals surface area (Å²) in [5, 5.41) is 0. The van der Waals surface area contributed by atoms with Crippen molar-refractivity contribution in [1.29, 1.82) is 0 Å². The van der Waals surface area contributed by atoms with Crippen LogP contribution in [0.2, 0.25) is 0 Å². The van der Waals surface area contributed by atoms with Crippen LogP contribution in [-0.4, -0.2) is 70.0 Å². The van der Waals surface area contributed by atoms with Crippen molar-refractivity contribution in [3.05, 3.63) is 36.5 Å². The van der Waals surface area contributed by atoms with E-state index in [1.54, 1.807) is 0 Å². The molecule has 0 aliphatic heterocycles. The summed E-state index contributed by atoms with van der Waals surface area (Å²) in [4.78, 5) is 37.2. The third-order valence-corrected chi connectivity index (χ3v) is 8.45. The number of phosphoric ester groups is 1. The van der Waals surface area contributed by atoms with E-state index >= 15 is 0 Å². The number of carbonyl (C=O) groups excluding carboxylic acids is 2. The van der Waals surface area contributed by atoms with Crippen LogP contribution in [-0.2, 0) is 32.7 Å². The molecule has 0 radical (unpaired) electrons. The van der Waals surface area contributed by atoms with Crippen LogP contribution in [0.1, 0.15) is 136 Å². The molecule has 0 aromatic rings. The molecule has 0 rings (SSSR count). The highest BCUT2D eigenvalue weighted by atomic mass is 31.2. The summed E-state index contributed by atoms with van der Waals surface area (Å²) < 4.78 is 33.6. The normalized spacial score (nSPS) is 14.3. The molecule has 0 spiro atoms. The van der Waals surface area contributed by atoms with E-state index in [1.165, 1.54) is 44.9 Å². The lowest BCUT2D eigenvalue weighted by atomic mass is 10.1. The molecule has 0 fully saturated rings. The Morgan fingerprint density at radius 2 is 1.21 bits per heavy atom. The molecular weight excluding hydrogens is 617 g/mol. The van der Waals surface area contributed by atoms with Gasteiger partial charge >= 0.3 is 11.9 Å². The summed E-state index contributed by atoms with van der Waals surface area (Å²) in [5.74, 6) is -0.864. The topological polar surface area (TPSA) is 111 Å². The molecule has 2 atom stereocenters. The van der Waals surface area contributed by atoms with E-state index in [-0.39, 0.29) is 26.1 Å². The predicted molar refractivity (Wildman–Crippen MR) is 190 cm³/mol. The Labute approximate surface area is 287 Å². The predicted octanol–water partition coefficient (Wildman–Crippen LogP) is 8.77. The van der Waals surface area contributed by atoms with Gasteiger partial charge in [0.25, 0.3) is 7.82 Å². The number of carbonyl (C=O) groups is 2. The largest absolute Gasteiger partial charge is 0.756 e. The quantitative estimate of drug-likeness (QED) is 0.0227. The van der Waals surface area contributed by atoms with E-state index in [9.17, 15) is 19.0 Å². The van der Waals surface area contributed by atoms with Crippen molar-refractivity contribution in [2.75, 3.05) is 47.5 Å². The number of phosphoric acid groups is 1. The highest BCUT2D eigenvalue weighted by molar-refractivity contribution is 7.45. The van der Waals surface area contributed by atoms with E-state index in [0.29, 0.717) is 17.4 Å². The molecule has 0 bridgehead atoms. The van der Waals surface area contributed by atoms with Crippen LogP contribution in [0.4, 0.5) is 0 Å². The van der Waals surface area contributed by atoms with E-state index in [2.05, 4.69) is 32.1 Å². The molecule has 10 heteroatoms. The fraction of sp³-hybridized carbons (Fsp3) is 0.784. The third-order valence-electron chi connectivity index (χ3n) is 7.49. The van der Waals surface area contributed by atoms with Gasteiger partial charge < -0.3 is 27.9 Å². The second-order valence-electron chi connectivity index (χ2n) is 13.3. The van der Waals surface area contributed by atoms with Gasteiger partial charge in [0, 0.05) is 12.8 Å². The molecule has 0 heterocycles. The second-order valence-corrected chi connectivity index (χ2v) is 14.7. The van der Waals surface area contributed by atoms with Crippen molar-refractivity contribution in [2.45, 2.75) is 142 Å². The molecule has 0 saturated carbocycles. The molecule has 2 unspecified atom stereocenters. The summed E-state index contributed by atoms with van der Waals surface area (Å²) in [6.07, 6.45) is 30.3. The van der Waals surface area contributed by atoms with Crippen molar-refractivity contribution < 1.29 is 42.1 Å². The van der Waals surface area contributed by atoms with Crippen molar-refractivity contribution in [2.24, 2.45) is 0 Å². The Hall–Kier alpha value is -1.77. The number of hydrogen-bond acceptors (Lipinski definition) is 8. The standard InChI is InChI=1S/C37H68NO8P/c1-6-8-10-12-14-16-18-19-20-22-24-26-28-30-37(40)46-35(34-45-47(41,42)44-32-31-38(3,4)5)33-43-36(39)29-27-25-23-21-17-15-13-11-9-7-2/h8,10,12,14,16,18,35H,6-7,9,11,13,15,17,19-34H2,1-5H3/b10-8+,14-12+,18-16+. The Balaban J connectivity index is 4.51. The highest BCUT2D eigenvalue weighted by Gasteiger charge is 2.21. The van der Waals surface area contributed by atoms with Crippen molar-refractivity contribution in [3.63, 3.8) is 0 Å². The number of rotatable bonds is 32. The number of ether oxygens (including phenoxy) is 2. The average Bonchev–Trinajstić information content (AvgIpc) is 3.01. The Morgan fingerprint density at radius 3 is 1.79 bits per heavy atom. The summed E-state index contributed by atoms with van der Waals surface area (Å²) in [6.45, 7) is 4.02. The van der Waals surface area contributed by atoms with Gasteiger partial charge in [0.05, 0.1) is 27.7 Å². The number of esters is 2. The lowest BCUT2D eigenvalue weighted by Gasteiger charge is -2.28. The number of hydrogen-bond donors (Lipinski definition) is 0. The molecular formula is C37H68NO8P. The fourth-order valence-electron chi connectivity index (χ4n) is 4.59. The molecule has 0 aliphatic rings. The molecule has 0 aliphatic carbocycles. The van der Waals surface area contributed by atoms with Crippen LogP contribution in [0.15, 0.2) is 36.5 Å². The Bertz CT molecular complexity index is 913. The summed E-state index contributed by atoms with van der Waals surface area (Å²) in [7, 11) is 1.14. The maximum absolute atomic E-state index is 12.6. The van der Waals surface area contributed by atoms with Gasteiger partial charge in [-0.25, -0.2) is 0 Å². The van der Waals surface area contributed by atoms with E-state index in [4.69, 9.17) is 18.5 Å². The smallest absolute Gasteiger partial charge is 0.306 e. The summed E-state index contributed by atoms with van der Waals surface area (Å²) >= 11 is 0. The Morgan fingerprint density at radius 1 is 0.681 bits per heavy atom. The first-order chi connectivity index (χ1) is 22.5. The minimum absolute atomic E-state index is 0.0352. The van der Waals surface area contributed by atoms with Crippen LogP contribution in [0.5, 0.6) is 0 Å². The van der Waals surface area contributed by atoms with Crippen LogP contribution in [0.25, 0.3) is 0 Å². The monoisotopic (exact) mass is 685 g/mol. The first kappa shape index (κ1) is 45.2. The van der Waals surface area contributed by atoms with Crippen molar-refractivity contribution >= 4 is 19.8 Å². The van der Waals surface area contributed by atoms with E-state index in [0.717, 1.165) is 57.8 Å². The van der Waals surface area contributed by atoms with Gasteiger partial charge in [0.1, 0.15) is 19.8 Å². The van der Waals surface area contributed by atoms with E-state index in [1.807, 2.05) is 39.4 Å². The molecule has 0 aromatic heterocycles. The van der Waals surface area contributed by atoms with Crippen LogP contribution < -0.4 is 4.89 Å². The zero-order valence-electron chi connectivity index (χ0n) is 30.5. The van der Waals surface area contributed by atoms with Crippen LogP contribution >= 0.6 is 7.82 Å². The molecule has 0 saturated heterocycles. The summed E-state index contributed by atoms with van der Waals surface area (Å²) in [5.41, 5.74) is 0. The number of quaternary nitrogens is 1. The van der Waals surface area contributed by atoms with E-state index < -0.39 is 32.5 Å². The first-order valence-corrected chi connectivity index (χ1v) is 19.7. The lowest BCUT2D eigenvalue weighted by Crippen LogP contribution is -2.37. The average molecular weight is 686 g/mol. The minimum atomic E-state index is -4.62. The number of unbranched alkanes of at least 4 members (excludes halogenated alkanes) is 14. The SMILES string of the molecule is CC/C=C/C=C/C=C/CCCCCCCC(=O)OC(COC(=O)CCCCCCCCCCCC)COP(=O)([O-])OCC[N+](C)(C)C. The molecule has 0 amide bonds. The number of allylic oxidation sites excluding steroid dienone is 6. The van der Waals surface area contributed by atoms with Gasteiger partial charge in [0.2, 0.25) is 0 Å². The molecule has 0 aromatic carbocycles. The number of nitrogens with zero attached hydrogens (tertiary/aromatic N) is 1. The number of likely N-dealkylation sites (N-methyl/N-ethyl adjacent to an activating group) is 1. The third kappa shape index (κ3) is 33.9. The highest BCUT2D eigenvalue weighted by Crippen LogP contribution is 2.38. The Kier molecular flexibility index (Phi) is 29.2. The minimum Gasteiger partial charge on any atom is -0.756 e. The molecule has 274 valence electrons. The maximum Gasteiger partial charge on any atom is 0.306 e. The van der Waals surface area contributed by atoms with Crippen LogP contribution in [0.3, 0.4) is 0 Å². The van der Waals surface area contributed by atoms with Gasteiger partial charge in [0.15, 0.2) is 6.10 Å². The molecule has 9 nitrogen and oxygen atoms in total. The van der Waals surface area contributed by atoms with Gasteiger partial charge in [-0.15, -0.1) is 0 Å². The lowest BCUT2D eigenvalue weighted by molar-refractivity contribution is -0.870. The van der Waals surface area contributed by atoms with Gasteiger partial charge in [-0.1, -0.05) is 127 Å². The molecule has 0 N–H and O–H groups in total. The maximum atomic E-state index is 12.6. The van der Waals surface area contributed by atoms with Gasteiger partial charge in [-0.3, -0.25) is 14.2 Å². The zero-order valence-corrected chi connectivity index (χ0v) is 31.4. The zero-order chi connectivity index (χ0) is 35.1. The second kappa shape index (κ2) is 30.3. The fourth-order valence-corrected chi connectivity index (χ4v) is 5.32. The van der Waals surface area contributed by atoms with Gasteiger partial charge in [-0.05, 0) is 32.1 Å². The van der Waals surface area contributed by atoms with Gasteiger partial charge in [-0.2, -0.15) is 0 Å². The van der Waals surface area contributed by atoms with Crippen LogP contribution in [0, 0.1) is 0 Å². The van der Waals surface area contributed by atoms with Crippen molar-refractivity contribution in [1.82, 2.24) is 0 Å². The first-order valence-electron chi connectivity index (χ1n) is 18.2. The van der Waals surface area contributed by atoms with Crippen molar-refractivity contribution in [3.8, 4) is 0 Å². The molecule has 47 heavy (non-hydrogen) atoms.